The molecule has 7 heteroatoms. The number of carbonyl (C=O) groups is 1. The molecule has 0 aliphatic rings. The molecule has 4 nitrogen and oxygen atoms in total. The fourth-order valence-electron chi connectivity index (χ4n) is 2.30. The minimum Gasteiger partial charge on any atom is -0.490 e. The number of hydrogen-bond donors (Lipinski definition) is 1. The van der Waals surface area contributed by atoms with E-state index in [0.29, 0.717) is 30.3 Å². The first-order valence-electron chi connectivity index (χ1n) is 8.39. The van der Waals surface area contributed by atoms with Gasteiger partial charge in [0.15, 0.2) is 11.5 Å². The van der Waals surface area contributed by atoms with Gasteiger partial charge in [-0.3, -0.25) is 4.79 Å². The summed E-state index contributed by atoms with van der Waals surface area (Å²) in [5.74, 6) is 0.617. The van der Waals surface area contributed by atoms with Crippen LogP contribution in [0.15, 0.2) is 48.5 Å². The second-order valence-electron chi connectivity index (χ2n) is 5.47. The molecule has 144 valence electrons. The molecule has 0 heterocycles. The van der Waals surface area contributed by atoms with E-state index in [1.165, 1.54) is 18.2 Å². The number of halogens is 3. The lowest BCUT2D eigenvalue weighted by Gasteiger charge is -2.11. The Hall–Kier alpha value is -2.96. The standard InChI is InChI=1S/C20H20F3NO3/c1-3-26-17-10-8-14(12-18(17)27-4-2)9-11-19(25)24-16-7-5-6-15(13-16)20(21,22)23/h5-13H,3-4H2,1-2H3,(H,24,25). The van der Waals surface area contributed by atoms with Crippen molar-refractivity contribution in [2.45, 2.75) is 20.0 Å². The highest BCUT2D eigenvalue weighted by molar-refractivity contribution is 6.02. The molecule has 0 aliphatic carbocycles. The van der Waals surface area contributed by atoms with E-state index in [1.807, 2.05) is 13.8 Å². The molecule has 0 atom stereocenters. The van der Waals surface area contributed by atoms with Gasteiger partial charge in [0.05, 0.1) is 18.8 Å². The molecule has 1 N–H and O–H groups in total. The Kier molecular flexibility index (Phi) is 6.87. The van der Waals surface area contributed by atoms with Crippen LogP contribution in [-0.4, -0.2) is 19.1 Å². The van der Waals surface area contributed by atoms with Crippen molar-refractivity contribution < 1.29 is 27.4 Å². The van der Waals surface area contributed by atoms with Crippen LogP contribution in [0.25, 0.3) is 6.08 Å². The van der Waals surface area contributed by atoms with Gasteiger partial charge in [-0.25, -0.2) is 0 Å². The maximum Gasteiger partial charge on any atom is 0.416 e. The highest BCUT2D eigenvalue weighted by Gasteiger charge is 2.30. The summed E-state index contributed by atoms with van der Waals surface area (Å²) in [5.41, 5.74) is -0.0561. The van der Waals surface area contributed by atoms with Gasteiger partial charge in [0.25, 0.3) is 0 Å². The molecule has 2 rings (SSSR count). The molecule has 0 unspecified atom stereocenters. The number of rotatable bonds is 7. The smallest absolute Gasteiger partial charge is 0.416 e. The van der Waals surface area contributed by atoms with E-state index in [2.05, 4.69) is 5.32 Å². The maximum atomic E-state index is 12.7. The van der Waals surface area contributed by atoms with E-state index >= 15 is 0 Å². The summed E-state index contributed by atoms with van der Waals surface area (Å²) in [5, 5.41) is 2.41. The van der Waals surface area contributed by atoms with E-state index in [-0.39, 0.29) is 5.69 Å². The second-order valence-corrected chi connectivity index (χ2v) is 5.47. The Morgan fingerprint density at radius 2 is 1.74 bits per heavy atom. The molecule has 0 radical (unpaired) electrons. The van der Waals surface area contributed by atoms with E-state index in [9.17, 15) is 18.0 Å². The summed E-state index contributed by atoms with van der Waals surface area (Å²) in [6, 6.07) is 9.67. The van der Waals surface area contributed by atoms with Gasteiger partial charge in [0.1, 0.15) is 0 Å². The van der Waals surface area contributed by atoms with E-state index in [1.54, 1.807) is 24.3 Å². The number of anilines is 1. The van der Waals surface area contributed by atoms with Crippen LogP contribution in [0.3, 0.4) is 0 Å². The zero-order valence-corrected chi connectivity index (χ0v) is 15.0. The number of nitrogens with one attached hydrogen (secondary N) is 1. The first-order chi connectivity index (χ1) is 12.8. The number of amides is 1. The third kappa shape index (κ3) is 6.06. The number of benzene rings is 2. The Morgan fingerprint density at radius 3 is 2.41 bits per heavy atom. The van der Waals surface area contributed by atoms with Crippen molar-refractivity contribution in [3.05, 3.63) is 59.7 Å². The third-order valence-electron chi connectivity index (χ3n) is 3.45. The third-order valence-corrected chi connectivity index (χ3v) is 3.45. The molecule has 27 heavy (non-hydrogen) atoms. The topological polar surface area (TPSA) is 47.6 Å². The monoisotopic (exact) mass is 379 g/mol. The summed E-state index contributed by atoms with van der Waals surface area (Å²) < 4.78 is 49.1. The summed E-state index contributed by atoms with van der Waals surface area (Å²) in [6.45, 7) is 4.67. The molecule has 0 saturated heterocycles. The van der Waals surface area contributed by atoms with Crippen LogP contribution in [0.4, 0.5) is 18.9 Å². The fourth-order valence-corrected chi connectivity index (χ4v) is 2.30. The van der Waals surface area contributed by atoms with E-state index in [0.717, 1.165) is 12.1 Å². The van der Waals surface area contributed by atoms with Crippen molar-refractivity contribution >= 4 is 17.7 Å². The zero-order chi connectivity index (χ0) is 19.9. The van der Waals surface area contributed by atoms with Gasteiger partial charge in [-0.2, -0.15) is 13.2 Å². The molecule has 0 fully saturated rings. The Labute approximate surface area is 155 Å². The molecular weight excluding hydrogens is 359 g/mol. The number of hydrogen-bond acceptors (Lipinski definition) is 3. The fraction of sp³-hybridized carbons (Fsp3) is 0.250. The van der Waals surface area contributed by atoms with E-state index < -0.39 is 17.6 Å². The zero-order valence-electron chi connectivity index (χ0n) is 15.0. The van der Waals surface area contributed by atoms with Gasteiger partial charge in [0, 0.05) is 11.8 Å². The van der Waals surface area contributed by atoms with Gasteiger partial charge >= 0.3 is 6.18 Å². The largest absolute Gasteiger partial charge is 0.490 e. The minimum absolute atomic E-state index is 0.0705. The molecular formula is C20H20F3NO3. The van der Waals surface area contributed by atoms with Gasteiger partial charge < -0.3 is 14.8 Å². The lowest BCUT2D eigenvalue weighted by molar-refractivity contribution is -0.137. The van der Waals surface area contributed by atoms with Gasteiger partial charge in [-0.05, 0) is 55.8 Å². The van der Waals surface area contributed by atoms with Crippen LogP contribution in [-0.2, 0) is 11.0 Å². The van der Waals surface area contributed by atoms with Gasteiger partial charge in [-0.1, -0.05) is 12.1 Å². The van der Waals surface area contributed by atoms with Crippen LogP contribution in [0.2, 0.25) is 0 Å². The first kappa shape index (κ1) is 20.4. The van der Waals surface area contributed by atoms with Gasteiger partial charge in [-0.15, -0.1) is 0 Å². The molecule has 0 bridgehead atoms. The lowest BCUT2D eigenvalue weighted by atomic mass is 10.1. The predicted molar refractivity (Wildman–Crippen MR) is 97.9 cm³/mol. The van der Waals surface area contributed by atoms with Crippen LogP contribution in [0.1, 0.15) is 25.0 Å². The quantitative estimate of drug-likeness (QED) is 0.677. The summed E-state index contributed by atoms with van der Waals surface area (Å²) in [4.78, 5) is 12.0. The second kappa shape index (κ2) is 9.12. The van der Waals surface area contributed by atoms with Crippen molar-refractivity contribution in [1.82, 2.24) is 0 Å². The van der Waals surface area contributed by atoms with Crippen molar-refractivity contribution in [3.8, 4) is 11.5 Å². The Bertz CT molecular complexity index is 816. The van der Waals surface area contributed by atoms with Crippen LogP contribution in [0, 0.1) is 0 Å². The first-order valence-corrected chi connectivity index (χ1v) is 8.39. The van der Waals surface area contributed by atoms with Crippen LogP contribution < -0.4 is 14.8 Å². The molecule has 0 aliphatic heterocycles. The summed E-state index contributed by atoms with van der Waals surface area (Å²) in [7, 11) is 0. The SMILES string of the molecule is CCOc1ccc(C=CC(=O)Nc2cccc(C(F)(F)F)c2)cc1OCC. The lowest BCUT2D eigenvalue weighted by Crippen LogP contribution is -2.10. The molecule has 0 aromatic heterocycles. The molecule has 2 aromatic rings. The van der Waals surface area contributed by atoms with Gasteiger partial charge in [0.2, 0.25) is 5.91 Å². The highest BCUT2D eigenvalue weighted by atomic mass is 19.4. The average molecular weight is 379 g/mol. The molecule has 2 aromatic carbocycles. The normalized spacial score (nSPS) is 11.4. The summed E-state index contributed by atoms with van der Waals surface area (Å²) in [6.07, 6.45) is -1.68. The summed E-state index contributed by atoms with van der Waals surface area (Å²) >= 11 is 0. The predicted octanol–water partition coefficient (Wildman–Crippen LogP) is 5.15. The number of ether oxygens (including phenoxy) is 2. The average Bonchev–Trinajstić information content (AvgIpc) is 2.62. The van der Waals surface area contributed by atoms with E-state index in [4.69, 9.17) is 9.47 Å². The maximum absolute atomic E-state index is 12.7. The van der Waals surface area contributed by atoms with Crippen molar-refractivity contribution in [2.75, 3.05) is 18.5 Å². The Balaban J connectivity index is 2.09. The van der Waals surface area contributed by atoms with Crippen molar-refractivity contribution in [3.63, 3.8) is 0 Å². The van der Waals surface area contributed by atoms with Crippen LogP contribution >= 0.6 is 0 Å². The van der Waals surface area contributed by atoms with Crippen molar-refractivity contribution in [1.29, 1.82) is 0 Å². The Morgan fingerprint density at radius 1 is 1.04 bits per heavy atom. The van der Waals surface area contributed by atoms with Crippen LogP contribution in [0.5, 0.6) is 11.5 Å². The minimum atomic E-state index is -4.46. The van der Waals surface area contributed by atoms with Crippen molar-refractivity contribution in [2.24, 2.45) is 0 Å². The number of alkyl halides is 3. The number of carbonyl (C=O) groups excluding carboxylic acids is 1. The molecule has 0 saturated carbocycles. The molecule has 1 amide bonds. The highest BCUT2D eigenvalue weighted by Crippen LogP contribution is 2.31. The molecule has 0 spiro atoms.